The molecule has 2 aromatic heterocycles. The Hall–Kier alpha value is -1.81. The van der Waals surface area contributed by atoms with E-state index in [-0.39, 0.29) is 5.82 Å². The molecule has 0 aliphatic carbocycles. The Labute approximate surface area is 121 Å². The van der Waals surface area contributed by atoms with Crippen LogP contribution in [0.2, 0.25) is 0 Å². The number of rotatable bonds is 4. The molecule has 3 rings (SSSR count). The van der Waals surface area contributed by atoms with Gasteiger partial charge in [-0.05, 0) is 24.6 Å². The van der Waals surface area contributed by atoms with E-state index in [1.807, 2.05) is 12.1 Å². The summed E-state index contributed by atoms with van der Waals surface area (Å²) >= 11 is 5.83. The molecule has 0 saturated carbocycles. The van der Waals surface area contributed by atoms with E-state index in [2.05, 4.69) is 9.55 Å². The largest absolute Gasteiger partial charge is 0.472 e. The van der Waals surface area contributed by atoms with Crippen LogP contribution in [-0.4, -0.2) is 15.4 Å². The molecule has 0 saturated heterocycles. The Morgan fingerprint density at radius 2 is 2.25 bits per heavy atom. The summed E-state index contributed by atoms with van der Waals surface area (Å²) in [5.41, 5.74) is 3.24. The third kappa shape index (κ3) is 2.31. The maximum atomic E-state index is 13.7. The highest BCUT2D eigenvalue weighted by Crippen LogP contribution is 2.22. The average Bonchev–Trinajstić information content (AvgIpc) is 3.02. The smallest absolute Gasteiger partial charge is 0.128 e. The number of benzene rings is 1. The van der Waals surface area contributed by atoms with Crippen LogP contribution in [0.5, 0.6) is 0 Å². The fourth-order valence-corrected chi connectivity index (χ4v) is 2.49. The van der Waals surface area contributed by atoms with Gasteiger partial charge in [-0.15, -0.1) is 11.6 Å². The summed E-state index contributed by atoms with van der Waals surface area (Å²) in [6.45, 7) is 2.40. The number of aromatic nitrogens is 2. The van der Waals surface area contributed by atoms with Gasteiger partial charge in [-0.3, -0.25) is 0 Å². The molecule has 0 N–H and O–H groups in total. The van der Waals surface area contributed by atoms with E-state index < -0.39 is 0 Å². The average molecular weight is 293 g/mol. The first-order chi connectivity index (χ1) is 9.69. The van der Waals surface area contributed by atoms with Crippen LogP contribution in [0.4, 0.5) is 4.39 Å². The second kappa shape index (κ2) is 5.29. The van der Waals surface area contributed by atoms with Crippen LogP contribution in [0.15, 0.2) is 35.1 Å². The van der Waals surface area contributed by atoms with Gasteiger partial charge in [0.25, 0.3) is 0 Å². The van der Waals surface area contributed by atoms with E-state index in [4.69, 9.17) is 16.0 Å². The Kier molecular flexibility index (Phi) is 3.49. The van der Waals surface area contributed by atoms with Gasteiger partial charge in [0.2, 0.25) is 0 Å². The van der Waals surface area contributed by atoms with Gasteiger partial charge in [-0.25, -0.2) is 9.37 Å². The van der Waals surface area contributed by atoms with E-state index in [0.717, 1.165) is 16.9 Å². The summed E-state index contributed by atoms with van der Waals surface area (Å²) in [4.78, 5) is 4.49. The maximum absolute atomic E-state index is 13.7. The topological polar surface area (TPSA) is 31.0 Å². The molecule has 3 aromatic rings. The first kappa shape index (κ1) is 13.2. The van der Waals surface area contributed by atoms with Gasteiger partial charge in [0.1, 0.15) is 11.6 Å². The van der Waals surface area contributed by atoms with Crippen LogP contribution < -0.4 is 0 Å². The fraction of sp³-hybridized carbons (Fsp3) is 0.267. The monoisotopic (exact) mass is 292 g/mol. The van der Waals surface area contributed by atoms with Crippen molar-refractivity contribution in [3.8, 4) is 0 Å². The highest BCUT2D eigenvalue weighted by atomic mass is 35.5. The van der Waals surface area contributed by atoms with Gasteiger partial charge in [0.05, 0.1) is 30.1 Å². The molecule has 1 aromatic carbocycles. The summed E-state index contributed by atoms with van der Waals surface area (Å²) in [6, 6.07) is 5.22. The Balaban J connectivity index is 2.15. The Morgan fingerprint density at radius 3 is 2.95 bits per heavy atom. The third-order valence-electron chi connectivity index (χ3n) is 3.35. The van der Waals surface area contributed by atoms with E-state index in [1.54, 1.807) is 19.5 Å². The van der Waals surface area contributed by atoms with Gasteiger partial charge < -0.3 is 8.98 Å². The van der Waals surface area contributed by atoms with E-state index in [1.165, 1.54) is 6.07 Å². The SMILES string of the molecule is Cc1cc2c(cc1F)nc(CCCl)n2Cc1ccoc1. The van der Waals surface area contributed by atoms with Crippen molar-refractivity contribution in [1.82, 2.24) is 9.55 Å². The number of halogens is 2. The van der Waals surface area contributed by atoms with Crippen molar-refractivity contribution in [1.29, 1.82) is 0 Å². The standard InChI is InChI=1S/C15H14ClFN2O/c1-10-6-14-13(7-12(10)17)18-15(2-4-16)19(14)8-11-3-5-20-9-11/h3,5-7,9H,2,4,8H2,1H3. The minimum atomic E-state index is -0.233. The van der Waals surface area contributed by atoms with Crippen molar-refractivity contribution in [2.24, 2.45) is 0 Å². The molecule has 0 aliphatic heterocycles. The molecule has 2 heterocycles. The minimum absolute atomic E-state index is 0.233. The molecule has 0 atom stereocenters. The predicted octanol–water partition coefficient (Wildman–Crippen LogP) is 3.91. The molecule has 0 amide bonds. The van der Waals surface area contributed by atoms with Gasteiger partial charge in [-0.2, -0.15) is 0 Å². The second-order valence-electron chi connectivity index (χ2n) is 4.77. The minimum Gasteiger partial charge on any atom is -0.472 e. The van der Waals surface area contributed by atoms with E-state index >= 15 is 0 Å². The molecule has 0 fully saturated rings. The summed E-state index contributed by atoms with van der Waals surface area (Å²) in [7, 11) is 0. The molecule has 0 spiro atoms. The van der Waals surface area contributed by atoms with Crippen molar-refractivity contribution < 1.29 is 8.81 Å². The first-order valence-electron chi connectivity index (χ1n) is 6.41. The molecule has 3 nitrogen and oxygen atoms in total. The normalized spacial score (nSPS) is 11.3. The lowest BCUT2D eigenvalue weighted by atomic mass is 10.2. The summed E-state index contributed by atoms with van der Waals surface area (Å²) in [6.07, 6.45) is 3.99. The molecule has 0 unspecified atom stereocenters. The highest BCUT2D eigenvalue weighted by molar-refractivity contribution is 6.17. The van der Waals surface area contributed by atoms with Crippen LogP contribution in [0, 0.1) is 12.7 Å². The lowest BCUT2D eigenvalue weighted by molar-refractivity contribution is 0.562. The molecule has 20 heavy (non-hydrogen) atoms. The fourth-order valence-electron chi connectivity index (χ4n) is 2.32. The zero-order valence-corrected chi connectivity index (χ0v) is 11.8. The van der Waals surface area contributed by atoms with Crippen LogP contribution in [0.25, 0.3) is 11.0 Å². The van der Waals surface area contributed by atoms with Crippen molar-refractivity contribution in [2.75, 3.05) is 5.88 Å². The second-order valence-corrected chi connectivity index (χ2v) is 5.15. The van der Waals surface area contributed by atoms with Crippen molar-refractivity contribution >= 4 is 22.6 Å². The van der Waals surface area contributed by atoms with Crippen molar-refractivity contribution in [3.05, 3.63) is 53.5 Å². The molecular formula is C15H14ClFN2O. The van der Waals surface area contributed by atoms with E-state index in [0.29, 0.717) is 29.9 Å². The molecule has 5 heteroatoms. The van der Waals surface area contributed by atoms with Crippen LogP contribution in [-0.2, 0) is 13.0 Å². The third-order valence-corrected chi connectivity index (χ3v) is 3.54. The van der Waals surface area contributed by atoms with Gasteiger partial charge in [0, 0.05) is 23.9 Å². The summed E-state index contributed by atoms with van der Waals surface area (Å²) in [5, 5.41) is 0. The lowest BCUT2D eigenvalue weighted by Crippen LogP contribution is -2.05. The number of aryl methyl sites for hydroxylation is 2. The van der Waals surface area contributed by atoms with Crippen LogP contribution in [0.3, 0.4) is 0 Å². The Bertz CT molecular complexity index is 734. The zero-order chi connectivity index (χ0) is 14.1. The molecular weight excluding hydrogens is 279 g/mol. The zero-order valence-electron chi connectivity index (χ0n) is 11.1. The van der Waals surface area contributed by atoms with Crippen molar-refractivity contribution in [3.63, 3.8) is 0 Å². The summed E-state index contributed by atoms with van der Waals surface area (Å²) < 4.78 is 20.8. The number of imidazole rings is 1. The van der Waals surface area contributed by atoms with Gasteiger partial charge in [0.15, 0.2) is 0 Å². The summed E-state index contributed by atoms with van der Waals surface area (Å²) in [5.74, 6) is 1.11. The number of furan rings is 1. The predicted molar refractivity (Wildman–Crippen MR) is 76.7 cm³/mol. The number of hydrogen-bond donors (Lipinski definition) is 0. The molecule has 0 radical (unpaired) electrons. The molecule has 104 valence electrons. The van der Waals surface area contributed by atoms with Crippen LogP contribution >= 0.6 is 11.6 Å². The Morgan fingerprint density at radius 1 is 1.40 bits per heavy atom. The van der Waals surface area contributed by atoms with Crippen molar-refractivity contribution in [2.45, 2.75) is 19.9 Å². The number of fused-ring (bicyclic) bond motifs is 1. The molecule has 0 bridgehead atoms. The van der Waals surface area contributed by atoms with E-state index in [9.17, 15) is 4.39 Å². The maximum Gasteiger partial charge on any atom is 0.128 e. The first-order valence-corrected chi connectivity index (χ1v) is 6.95. The van der Waals surface area contributed by atoms with Crippen LogP contribution in [0.1, 0.15) is 17.0 Å². The van der Waals surface area contributed by atoms with Gasteiger partial charge in [-0.1, -0.05) is 0 Å². The van der Waals surface area contributed by atoms with Gasteiger partial charge >= 0.3 is 0 Å². The number of nitrogens with zero attached hydrogens (tertiary/aromatic N) is 2. The quantitative estimate of drug-likeness (QED) is 0.683. The number of hydrogen-bond acceptors (Lipinski definition) is 2. The molecule has 0 aliphatic rings. The number of alkyl halides is 1. The lowest BCUT2D eigenvalue weighted by Gasteiger charge is -2.07. The highest BCUT2D eigenvalue weighted by Gasteiger charge is 2.13.